The zero-order valence-electron chi connectivity index (χ0n) is 22.8. The number of amides is 1. The van der Waals surface area contributed by atoms with Crippen LogP contribution < -0.4 is 5.56 Å². The molecule has 0 atom stereocenters. The van der Waals surface area contributed by atoms with Crippen LogP contribution in [0, 0.1) is 12.7 Å². The fourth-order valence-electron chi connectivity index (χ4n) is 5.42. The molecule has 1 saturated heterocycles. The molecule has 0 bridgehead atoms. The zero-order valence-corrected chi connectivity index (χ0v) is 23.5. The largest absolute Gasteiger partial charge is 0.337 e. The Balaban J connectivity index is 1.37. The number of piperidine rings is 1. The van der Waals surface area contributed by atoms with Gasteiger partial charge in [-0.25, -0.2) is 9.07 Å². The van der Waals surface area contributed by atoms with Gasteiger partial charge in [-0.2, -0.15) is 0 Å². The Hall–Kier alpha value is -3.75. The van der Waals surface area contributed by atoms with Crippen molar-refractivity contribution in [1.29, 1.82) is 0 Å². The van der Waals surface area contributed by atoms with Gasteiger partial charge in [-0.1, -0.05) is 29.8 Å². The number of halogens is 2. The summed E-state index contributed by atoms with van der Waals surface area (Å²) >= 11 is 6.09. The second kappa shape index (κ2) is 12.2. The Bertz CT molecular complexity index is 1510. The van der Waals surface area contributed by atoms with E-state index in [0.29, 0.717) is 36.0 Å². The number of hydrogen-bond acceptors (Lipinski definition) is 4. The number of carbonyl (C=O) groups is 1. The van der Waals surface area contributed by atoms with Gasteiger partial charge >= 0.3 is 0 Å². The van der Waals surface area contributed by atoms with Crippen molar-refractivity contribution in [2.45, 2.75) is 38.8 Å². The third-order valence-electron chi connectivity index (χ3n) is 7.86. The Kier molecular flexibility index (Phi) is 8.47. The summed E-state index contributed by atoms with van der Waals surface area (Å²) in [4.78, 5) is 35.1. The van der Waals surface area contributed by atoms with Crippen LogP contribution in [0.1, 0.15) is 40.2 Å². The van der Waals surface area contributed by atoms with E-state index in [1.54, 1.807) is 35.1 Å². The highest BCUT2D eigenvalue weighted by molar-refractivity contribution is 6.30. The normalized spacial score (nSPS) is 14.2. The van der Waals surface area contributed by atoms with Crippen molar-refractivity contribution in [1.82, 2.24) is 24.1 Å². The van der Waals surface area contributed by atoms with Crippen LogP contribution in [0.5, 0.6) is 0 Å². The van der Waals surface area contributed by atoms with Gasteiger partial charge in [0, 0.05) is 56.2 Å². The maximum absolute atomic E-state index is 13.7. The van der Waals surface area contributed by atoms with E-state index in [2.05, 4.69) is 9.88 Å². The zero-order chi connectivity index (χ0) is 28.2. The van der Waals surface area contributed by atoms with Crippen LogP contribution in [-0.4, -0.2) is 55.7 Å². The van der Waals surface area contributed by atoms with E-state index < -0.39 is 0 Å². The standard InChI is InChI=1S/C31H33ClFN5O2/c1-22-28(30(39)38(35(22)2)27-12-10-25(33)11-13-27)21-37(18-14-23-6-8-24(32)9-7-23)26-15-19-36(20-16-26)31(40)29-5-3-4-17-34-29/h3-13,17,26H,14-16,18-21H2,1-2H3. The van der Waals surface area contributed by atoms with Crippen LogP contribution >= 0.6 is 11.6 Å². The molecule has 7 nitrogen and oxygen atoms in total. The van der Waals surface area contributed by atoms with E-state index in [1.807, 2.05) is 53.9 Å². The first kappa shape index (κ1) is 27.8. The van der Waals surface area contributed by atoms with Crippen molar-refractivity contribution in [3.8, 4) is 5.69 Å². The Morgan fingerprint density at radius 3 is 2.40 bits per heavy atom. The average molecular weight is 562 g/mol. The molecule has 1 aliphatic heterocycles. The molecule has 0 saturated carbocycles. The van der Waals surface area contributed by atoms with Crippen LogP contribution in [0.2, 0.25) is 5.02 Å². The van der Waals surface area contributed by atoms with Gasteiger partial charge in [0.05, 0.1) is 11.3 Å². The molecule has 4 aromatic rings. The number of carbonyl (C=O) groups excluding carboxylic acids is 1. The number of aromatic nitrogens is 3. The van der Waals surface area contributed by atoms with Gasteiger partial charge in [0.1, 0.15) is 11.5 Å². The molecule has 208 valence electrons. The first-order valence-corrected chi connectivity index (χ1v) is 13.9. The summed E-state index contributed by atoms with van der Waals surface area (Å²) in [5.41, 5.74) is 3.74. The molecule has 0 radical (unpaired) electrons. The van der Waals surface area contributed by atoms with Gasteiger partial charge < -0.3 is 4.90 Å². The molecule has 2 aromatic carbocycles. The Morgan fingerprint density at radius 1 is 1.05 bits per heavy atom. The number of hydrogen-bond donors (Lipinski definition) is 0. The molecule has 1 aliphatic rings. The SMILES string of the molecule is Cc1c(CN(CCc2ccc(Cl)cc2)C2CCN(C(=O)c3ccccn3)CC2)c(=O)n(-c2ccc(F)cc2)n1C. The lowest BCUT2D eigenvalue weighted by molar-refractivity contribution is 0.0603. The van der Waals surface area contributed by atoms with Gasteiger partial charge in [-0.15, -0.1) is 0 Å². The lowest BCUT2D eigenvalue weighted by Crippen LogP contribution is -2.47. The molecule has 1 amide bonds. The fraction of sp³-hybridized carbons (Fsp3) is 0.323. The maximum Gasteiger partial charge on any atom is 0.276 e. The van der Waals surface area contributed by atoms with Crippen LogP contribution in [0.3, 0.4) is 0 Å². The van der Waals surface area contributed by atoms with Gasteiger partial charge in [-0.05, 0) is 80.3 Å². The second-order valence-electron chi connectivity index (χ2n) is 10.3. The van der Waals surface area contributed by atoms with Crippen molar-refractivity contribution in [3.05, 3.63) is 117 Å². The van der Waals surface area contributed by atoms with Crippen LogP contribution in [0.15, 0.2) is 77.7 Å². The minimum absolute atomic E-state index is 0.0483. The van der Waals surface area contributed by atoms with E-state index in [-0.39, 0.29) is 23.3 Å². The molecular weight excluding hydrogens is 529 g/mol. The van der Waals surface area contributed by atoms with Gasteiger partial charge in [0.15, 0.2) is 0 Å². The number of rotatable bonds is 8. The van der Waals surface area contributed by atoms with Crippen molar-refractivity contribution in [3.63, 3.8) is 0 Å². The van der Waals surface area contributed by atoms with E-state index in [0.717, 1.165) is 37.1 Å². The van der Waals surface area contributed by atoms with Crippen LogP contribution in [0.25, 0.3) is 5.69 Å². The quantitative estimate of drug-likeness (QED) is 0.303. The second-order valence-corrected chi connectivity index (χ2v) is 10.7. The molecule has 40 heavy (non-hydrogen) atoms. The highest BCUT2D eigenvalue weighted by Crippen LogP contribution is 2.22. The smallest absolute Gasteiger partial charge is 0.276 e. The maximum atomic E-state index is 13.7. The predicted octanol–water partition coefficient (Wildman–Crippen LogP) is 5.02. The van der Waals surface area contributed by atoms with Crippen molar-refractivity contribution < 1.29 is 9.18 Å². The Morgan fingerprint density at radius 2 is 1.75 bits per heavy atom. The monoisotopic (exact) mass is 561 g/mol. The van der Waals surface area contributed by atoms with Crippen LogP contribution in [-0.2, 0) is 20.0 Å². The minimum Gasteiger partial charge on any atom is -0.337 e. The minimum atomic E-state index is -0.343. The van der Waals surface area contributed by atoms with Gasteiger partial charge in [0.2, 0.25) is 0 Å². The molecule has 0 unspecified atom stereocenters. The molecule has 0 spiro atoms. The van der Waals surface area contributed by atoms with Gasteiger partial charge in [-0.3, -0.25) is 24.2 Å². The van der Waals surface area contributed by atoms with Crippen molar-refractivity contribution in [2.75, 3.05) is 19.6 Å². The number of nitrogens with zero attached hydrogens (tertiary/aromatic N) is 5. The number of pyridine rings is 1. The molecule has 2 aromatic heterocycles. The van der Waals surface area contributed by atoms with E-state index in [1.165, 1.54) is 17.7 Å². The highest BCUT2D eigenvalue weighted by Gasteiger charge is 2.29. The van der Waals surface area contributed by atoms with E-state index in [9.17, 15) is 14.0 Å². The summed E-state index contributed by atoms with van der Waals surface area (Å²) in [6, 6.07) is 19.4. The Labute approximate surface area is 238 Å². The third-order valence-corrected chi connectivity index (χ3v) is 8.11. The van der Waals surface area contributed by atoms with Crippen molar-refractivity contribution >= 4 is 17.5 Å². The molecule has 1 fully saturated rings. The summed E-state index contributed by atoms with van der Waals surface area (Å²) in [6.07, 6.45) is 4.05. The summed E-state index contributed by atoms with van der Waals surface area (Å²) in [5, 5.41) is 0.701. The predicted molar refractivity (Wildman–Crippen MR) is 154 cm³/mol. The van der Waals surface area contributed by atoms with Crippen molar-refractivity contribution in [2.24, 2.45) is 7.05 Å². The summed E-state index contributed by atoms with van der Waals surface area (Å²) < 4.78 is 17.0. The van der Waals surface area contributed by atoms with E-state index in [4.69, 9.17) is 11.6 Å². The molecule has 9 heteroatoms. The summed E-state index contributed by atoms with van der Waals surface area (Å²) in [6.45, 7) is 4.45. The fourth-order valence-corrected chi connectivity index (χ4v) is 5.55. The number of likely N-dealkylation sites (tertiary alicyclic amines) is 1. The van der Waals surface area contributed by atoms with Gasteiger partial charge in [0.25, 0.3) is 11.5 Å². The summed E-state index contributed by atoms with van der Waals surface area (Å²) in [5.74, 6) is -0.392. The molecular formula is C31H33ClFN5O2. The van der Waals surface area contributed by atoms with E-state index >= 15 is 0 Å². The molecule has 3 heterocycles. The lowest BCUT2D eigenvalue weighted by Gasteiger charge is -2.38. The lowest BCUT2D eigenvalue weighted by atomic mass is 10.0. The third kappa shape index (κ3) is 6.03. The first-order valence-electron chi connectivity index (χ1n) is 13.5. The van der Waals surface area contributed by atoms with Crippen LogP contribution in [0.4, 0.5) is 4.39 Å². The highest BCUT2D eigenvalue weighted by atomic mass is 35.5. The first-order chi connectivity index (χ1) is 19.3. The molecule has 0 aliphatic carbocycles. The topological polar surface area (TPSA) is 63.4 Å². The average Bonchev–Trinajstić information content (AvgIpc) is 3.19. The number of benzene rings is 2. The molecule has 5 rings (SSSR count). The molecule has 0 N–H and O–H groups in total. The summed E-state index contributed by atoms with van der Waals surface area (Å²) in [7, 11) is 1.85.